The molecule has 0 aliphatic rings. The van der Waals surface area contributed by atoms with Gasteiger partial charge in [-0.05, 0) is 29.7 Å². The fourth-order valence-corrected chi connectivity index (χ4v) is 2.44. The Morgan fingerprint density at radius 1 is 0.833 bits per heavy atom. The number of ketones is 1. The van der Waals surface area contributed by atoms with Gasteiger partial charge in [0.2, 0.25) is 0 Å². The summed E-state index contributed by atoms with van der Waals surface area (Å²) in [5.41, 5.74) is 2.80. The lowest BCUT2D eigenvalue weighted by molar-refractivity contribution is 0.0992. The number of aromatic nitrogens is 2. The lowest BCUT2D eigenvalue weighted by Gasteiger charge is -1.98. The SMILES string of the molecule is O=C(Cc1cc2ccccc2[nH]1)c1ccccc1.c1ccncc1. The molecule has 1 N–H and O–H groups in total. The molecule has 0 aliphatic carbocycles. The molecule has 0 spiro atoms. The van der Waals surface area contributed by atoms with Gasteiger partial charge in [0, 0.05) is 29.2 Å². The molecule has 0 aliphatic heterocycles. The van der Waals surface area contributed by atoms with Gasteiger partial charge in [0.1, 0.15) is 0 Å². The summed E-state index contributed by atoms with van der Waals surface area (Å²) in [4.78, 5) is 19.1. The second-order valence-electron chi connectivity index (χ2n) is 5.37. The molecule has 0 fully saturated rings. The summed E-state index contributed by atoms with van der Waals surface area (Å²) in [6.45, 7) is 0. The van der Waals surface area contributed by atoms with Crippen LogP contribution in [-0.2, 0) is 6.42 Å². The molecule has 2 aromatic heterocycles. The number of pyridine rings is 1. The van der Waals surface area contributed by atoms with E-state index in [0.717, 1.165) is 22.2 Å². The highest BCUT2D eigenvalue weighted by Gasteiger charge is 2.08. The Labute approximate surface area is 141 Å². The molecule has 4 rings (SSSR count). The Morgan fingerprint density at radius 3 is 2.12 bits per heavy atom. The quantitative estimate of drug-likeness (QED) is 0.558. The van der Waals surface area contributed by atoms with E-state index >= 15 is 0 Å². The van der Waals surface area contributed by atoms with E-state index in [4.69, 9.17) is 0 Å². The predicted molar refractivity (Wildman–Crippen MR) is 97.0 cm³/mol. The number of rotatable bonds is 3. The molecular formula is C21H18N2O. The normalized spacial score (nSPS) is 10.0. The number of aromatic amines is 1. The first kappa shape index (κ1) is 15.7. The van der Waals surface area contributed by atoms with E-state index in [2.05, 4.69) is 9.97 Å². The monoisotopic (exact) mass is 314 g/mol. The summed E-state index contributed by atoms with van der Waals surface area (Å²) in [6.07, 6.45) is 3.92. The van der Waals surface area contributed by atoms with Gasteiger partial charge in [0.25, 0.3) is 0 Å². The number of benzene rings is 2. The summed E-state index contributed by atoms with van der Waals surface area (Å²) >= 11 is 0. The van der Waals surface area contributed by atoms with Crippen molar-refractivity contribution in [1.29, 1.82) is 0 Å². The third-order valence-corrected chi connectivity index (χ3v) is 3.60. The zero-order valence-electron chi connectivity index (χ0n) is 13.2. The van der Waals surface area contributed by atoms with Crippen LogP contribution in [0.2, 0.25) is 0 Å². The average molecular weight is 314 g/mol. The van der Waals surface area contributed by atoms with Crippen LogP contribution in [0.3, 0.4) is 0 Å². The smallest absolute Gasteiger partial charge is 0.168 e. The first-order chi connectivity index (χ1) is 11.8. The molecule has 2 heterocycles. The lowest BCUT2D eigenvalue weighted by Crippen LogP contribution is -2.03. The Balaban J connectivity index is 0.000000238. The van der Waals surface area contributed by atoms with Crippen LogP contribution in [-0.4, -0.2) is 15.8 Å². The molecule has 0 radical (unpaired) electrons. The van der Waals surface area contributed by atoms with Crippen LogP contribution in [0, 0.1) is 0 Å². The van der Waals surface area contributed by atoms with Crippen molar-refractivity contribution in [2.75, 3.05) is 0 Å². The van der Waals surface area contributed by atoms with Gasteiger partial charge in [-0.3, -0.25) is 9.78 Å². The maximum absolute atomic E-state index is 12.1. The second kappa shape index (κ2) is 7.88. The van der Waals surface area contributed by atoms with Crippen molar-refractivity contribution in [3.8, 4) is 0 Å². The van der Waals surface area contributed by atoms with Crippen molar-refractivity contribution < 1.29 is 4.79 Å². The molecule has 118 valence electrons. The number of para-hydroxylation sites is 1. The third-order valence-electron chi connectivity index (χ3n) is 3.60. The van der Waals surface area contributed by atoms with E-state index in [1.54, 1.807) is 12.4 Å². The van der Waals surface area contributed by atoms with Gasteiger partial charge in [-0.1, -0.05) is 54.6 Å². The van der Waals surface area contributed by atoms with Crippen molar-refractivity contribution in [2.24, 2.45) is 0 Å². The number of Topliss-reactive ketones (excluding diaryl/α,β-unsaturated/α-hetero) is 1. The highest BCUT2D eigenvalue weighted by Crippen LogP contribution is 2.16. The van der Waals surface area contributed by atoms with Crippen LogP contribution in [0.25, 0.3) is 10.9 Å². The van der Waals surface area contributed by atoms with Crippen LogP contribution in [0.15, 0.2) is 91.3 Å². The first-order valence-electron chi connectivity index (χ1n) is 7.83. The standard InChI is InChI=1S/C16H13NO.C5H5N/c18-16(12-6-2-1-3-7-12)11-14-10-13-8-4-5-9-15(13)17-14;1-2-4-6-5-3-1/h1-10,17H,11H2;1-5H. The number of carbonyl (C=O) groups is 1. The fraction of sp³-hybridized carbons (Fsp3) is 0.0476. The van der Waals surface area contributed by atoms with E-state index in [1.807, 2.05) is 78.9 Å². The summed E-state index contributed by atoms with van der Waals surface area (Å²) in [5, 5.41) is 1.15. The lowest BCUT2D eigenvalue weighted by atomic mass is 10.1. The van der Waals surface area contributed by atoms with Crippen molar-refractivity contribution in [3.63, 3.8) is 0 Å². The van der Waals surface area contributed by atoms with Gasteiger partial charge >= 0.3 is 0 Å². The molecule has 0 bridgehead atoms. The number of nitrogens with one attached hydrogen (secondary N) is 1. The molecule has 0 unspecified atom stereocenters. The number of hydrogen-bond donors (Lipinski definition) is 1. The molecule has 0 amide bonds. The molecule has 4 aromatic rings. The van der Waals surface area contributed by atoms with E-state index < -0.39 is 0 Å². The minimum absolute atomic E-state index is 0.141. The fourth-order valence-electron chi connectivity index (χ4n) is 2.44. The Bertz CT molecular complexity index is 839. The van der Waals surface area contributed by atoms with Gasteiger partial charge in [-0.25, -0.2) is 0 Å². The summed E-state index contributed by atoms with van der Waals surface area (Å²) in [6, 6.07) is 25.2. The molecule has 3 nitrogen and oxygen atoms in total. The van der Waals surface area contributed by atoms with Gasteiger partial charge < -0.3 is 4.98 Å². The van der Waals surface area contributed by atoms with Crippen molar-refractivity contribution in [2.45, 2.75) is 6.42 Å². The van der Waals surface area contributed by atoms with E-state index in [-0.39, 0.29) is 5.78 Å². The summed E-state index contributed by atoms with van der Waals surface area (Å²) < 4.78 is 0. The molecule has 0 atom stereocenters. The van der Waals surface area contributed by atoms with E-state index in [9.17, 15) is 4.79 Å². The molecule has 3 heteroatoms. The van der Waals surface area contributed by atoms with Gasteiger partial charge in [-0.15, -0.1) is 0 Å². The number of fused-ring (bicyclic) bond motifs is 1. The number of hydrogen-bond acceptors (Lipinski definition) is 2. The van der Waals surface area contributed by atoms with E-state index in [0.29, 0.717) is 6.42 Å². The zero-order chi connectivity index (χ0) is 16.6. The third kappa shape index (κ3) is 4.17. The van der Waals surface area contributed by atoms with Crippen molar-refractivity contribution >= 4 is 16.7 Å². The second-order valence-corrected chi connectivity index (χ2v) is 5.37. The van der Waals surface area contributed by atoms with E-state index in [1.165, 1.54) is 0 Å². The average Bonchev–Trinajstić information content (AvgIpc) is 3.06. The summed E-state index contributed by atoms with van der Waals surface area (Å²) in [5.74, 6) is 0.141. The minimum Gasteiger partial charge on any atom is -0.358 e. The topological polar surface area (TPSA) is 45.8 Å². The maximum atomic E-state index is 12.1. The van der Waals surface area contributed by atoms with Crippen LogP contribution in [0.5, 0.6) is 0 Å². The molecule has 0 saturated carbocycles. The highest BCUT2D eigenvalue weighted by molar-refractivity contribution is 5.97. The number of H-pyrrole nitrogens is 1. The first-order valence-corrected chi connectivity index (χ1v) is 7.83. The molecular weight excluding hydrogens is 296 g/mol. The van der Waals surface area contributed by atoms with Crippen LogP contribution < -0.4 is 0 Å². The van der Waals surface area contributed by atoms with Crippen LogP contribution in [0.4, 0.5) is 0 Å². The maximum Gasteiger partial charge on any atom is 0.168 e. The summed E-state index contributed by atoms with van der Waals surface area (Å²) in [7, 11) is 0. The van der Waals surface area contributed by atoms with Gasteiger partial charge in [0.15, 0.2) is 5.78 Å². The number of nitrogens with zero attached hydrogens (tertiary/aromatic N) is 1. The van der Waals surface area contributed by atoms with Crippen molar-refractivity contribution in [1.82, 2.24) is 9.97 Å². The molecule has 0 saturated heterocycles. The largest absolute Gasteiger partial charge is 0.358 e. The number of carbonyl (C=O) groups excluding carboxylic acids is 1. The van der Waals surface area contributed by atoms with Crippen LogP contribution in [0.1, 0.15) is 16.1 Å². The Kier molecular flexibility index (Phi) is 5.15. The molecule has 24 heavy (non-hydrogen) atoms. The Morgan fingerprint density at radius 2 is 1.50 bits per heavy atom. The van der Waals surface area contributed by atoms with Crippen molar-refractivity contribution in [3.05, 3.63) is 103 Å². The minimum atomic E-state index is 0.141. The van der Waals surface area contributed by atoms with Gasteiger partial charge in [0.05, 0.1) is 6.42 Å². The highest BCUT2D eigenvalue weighted by atomic mass is 16.1. The predicted octanol–water partition coefficient (Wildman–Crippen LogP) is 4.67. The Hall–Kier alpha value is -3.20. The zero-order valence-corrected chi connectivity index (χ0v) is 13.2. The molecule has 2 aromatic carbocycles. The van der Waals surface area contributed by atoms with Gasteiger partial charge in [-0.2, -0.15) is 0 Å². The van der Waals surface area contributed by atoms with Crippen LogP contribution >= 0.6 is 0 Å².